The average molecular weight is 307 g/mol. The predicted octanol–water partition coefficient (Wildman–Crippen LogP) is 5.22. The molecule has 0 saturated carbocycles. The Morgan fingerprint density at radius 3 is 2.53 bits per heavy atom. The quantitative estimate of drug-likeness (QED) is 0.631. The van der Waals surface area contributed by atoms with Gasteiger partial charge < -0.3 is 4.74 Å². The lowest BCUT2D eigenvalue weighted by Gasteiger charge is -2.02. The second kappa shape index (κ2) is 4.31. The van der Waals surface area contributed by atoms with E-state index in [9.17, 15) is 0 Å². The minimum absolute atomic E-state index is 0.706. The normalized spacial score (nSPS) is 11.2. The van der Waals surface area contributed by atoms with E-state index in [1.807, 2.05) is 24.3 Å². The van der Waals surface area contributed by atoms with Crippen LogP contribution < -0.4 is 4.74 Å². The first-order valence-corrected chi connectivity index (χ1v) is 7.13. The Bertz CT molecular complexity index is 687. The smallest absolute Gasteiger partial charge is 0.119 e. The molecular formula is C14H11BrOS. The van der Waals surface area contributed by atoms with Gasteiger partial charge in [0, 0.05) is 24.6 Å². The van der Waals surface area contributed by atoms with Crippen LogP contribution in [0.25, 0.3) is 20.2 Å². The number of ether oxygens (including phenoxy) is 1. The van der Waals surface area contributed by atoms with Crippen molar-refractivity contribution in [3.8, 4) is 5.75 Å². The Morgan fingerprint density at radius 1 is 1.06 bits per heavy atom. The monoisotopic (exact) mass is 306 g/mol. The maximum absolute atomic E-state index is 5.56. The molecule has 17 heavy (non-hydrogen) atoms. The summed E-state index contributed by atoms with van der Waals surface area (Å²) in [5, 5.41) is 2.57. The SMILES string of the molecule is CCOc1ccc2sc3ccc(Br)cc3c2c1. The van der Waals surface area contributed by atoms with Gasteiger partial charge in [-0.1, -0.05) is 15.9 Å². The van der Waals surface area contributed by atoms with Gasteiger partial charge in [0.1, 0.15) is 5.75 Å². The molecule has 0 unspecified atom stereocenters. The van der Waals surface area contributed by atoms with E-state index in [1.54, 1.807) is 0 Å². The van der Waals surface area contributed by atoms with Crippen molar-refractivity contribution in [3.63, 3.8) is 0 Å². The molecular weight excluding hydrogens is 296 g/mol. The Kier molecular flexibility index (Phi) is 2.81. The van der Waals surface area contributed by atoms with E-state index in [1.165, 1.54) is 20.2 Å². The number of rotatable bonds is 2. The van der Waals surface area contributed by atoms with E-state index in [0.717, 1.165) is 10.2 Å². The van der Waals surface area contributed by atoms with Crippen LogP contribution in [-0.4, -0.2) is 6.61 Å². The van der Waals surface area contributed by atoms with Crippen LogP contribution in [0.1, 0.15) is 6.92 Å². The first-order valence-electron chi connectivity index (χ1n) is 5.52. The molecule has 1 aromatic heterocycles. The third kappa shape index (κ3) is 1.94. The third-order valence-electron chi connectivity index (χ3n) is 2.71. The fraction of sp³-hybridized carbons (Fsp3) is 0.143. The Hall–Kier alpha value is -1.06. The van der Waals surface area contributed by atoms with Crippen molar-refractivity contribution in [2.45, 2.75) is 6.92 Å². The van der Waals surface area contributed by atoms with Crippen molar-refractivity contribution in [2.24, 2.45) is 0 Å². The summed E-state index contributed by atoms with van der Waals surface area (Å²) in [6.45, 7) is 2.71. The number of hydrogen-bond donors (Lipinski definition) is 0. The van der Waals surface area contributed by atoms with Gasteiger partial charge in [-0.05, 0) is 43.3 Å². The van der Waals surface area contributed by atoms with Crippen LogP contribution in [0, 0.1) is 0 Å². The van der Waals surface area contributed by atoms with E-state index in [0.29, 0.717) is 6.61 Å². The molecule has 2 aromatic carbocycles. The molecule has 0 fully saturated rings. The Labute approximate surface area is 112 Å². The van der Waals surface area contributed by atoms with Gasteiger partial charge in [0.2, 0.25) is 0 Å². The first kappa shape index (κ1) is 11.1. The fourth-order valence-corrected chi connectivity index (χ4v) is 3.41. The second-order valence-electron chi connectivity index (χ2n) is 3.83. The van der Waals surface area contributed by atoms with Crippen LogP contribution in [0.3, 0.4) is 0 Å². The molecule has 0 N–H and O–H groups in total. The summed E-state index contributed by atoms with van der Waals surface area (Å²) in [5.41, 5.74) is 0. The van der Waals surface area contributed by atoms with Gasteiger partial charge in [-0.3, -0.25) is 0 Å². The lowest BCUT2D eigenvalue weighted by atomic mass is 10.1. The highest BCUT2D eigenvalue weighted by Crippen LogP contribution is 2.37. The number of fused-ring (bicyclic) bond motifs is 3. The molecule has 86 valence electrons. The summed E-state index contributed by atoms with van der Waals surface area (Å²) in [4.78, 5) is 0. The minimum Gasteiger partial charge on any atom is -0.494 e. The summed E-state index contributed by atoms with van der Waals surface area (Å²) in [7, 11) is 0. The minimum atomic E-state index is 0.706. The molecule has 0 radical (unpaired) electrons. The van der Waals surface area contributed by atoms with Gasteiger partial charge in [0.15, 0.2) is 0 Å². The van der Waals surface area contributed by atoms with Crippen LogP contribution in [0.5, 0.6) is 5.75 Å². The summed E-state index contributed by atoms with van der Waals surface area (Å²) in [5.74, 6) is 0.944. The fourth-order valence-electron chi connectivity index (χ4n) is 1.99. The van der Waals surface area contributed by atoms with Gasteiger partial charge in [0.05, 0.1) is 6.61 Å². The van der Waals surface area contributed by atoms with E-state index in [2.05, 4.69) is 46.3 Å². The first-order chi connectivity index (χ1) is 8.28. The molecule has 1 nitrogen and oxygen atoms in total. The van der Waals surface area contributed by atoms with Crippen molar-refractivity contribution in [1.82, 2.24) is 0 Å². The largest absolute Gasteiger partial charge is 0.494 e. The summed E-state index contributed by atoms with van der Waals surface area (Å²) < 4.78 is 9.30. The van der Waals surface area contributed by atoms with Crippen molar-refractivity contribution in [2.75, 3.05) is 6.61 Å². The van der Waals surface area contributed by atoms with Crippen molar-refractivity contribution in [1.29, 1.82) is 0 Å². The van der Waals surface area contributed by atoms with Gasteiger partial charge >= 0.3 is 0 Å². The van der Waals surface area contributed by atoms with Gasteiger partial charge in [-0.25, -0.2) is 0 Å². The standard InChI is InChI=1S/C14H11BrOS/c1-2-16-10-4-6-14-12(8-10)11-7-9(15)3-5-13(11)17-14/h3-8H,2H2,1H3. The lowest BCUT2D eigenvalue weighted by molar-refractivity contribution is 0.341. The van der Waals surface area contributed by atoms with Crippen LogP contribution in [0.4, 0.5) is 0 Å². The molecule has 1 heterocycles. The maximum atomic E-state index is 5.56. The number of thiophene rings is 1. The lowest BCUT2D eigenvalue weighted by Crippen LogP contribution is -1.89. The highest BCUT2D eigenvalue weighted by Gasteiger charge is 2.06. The summed E-state index contributed by atoms with van der Waals surface area (Å²) in [6.07, 6.45) is 0. The average Bonchev–Trinajstić information content (AvgIpc) is 2.67. The zero-order valence-corrected chi connectivity index (χ0v) is 11.8. The molecule has 0 saturated heterocycles. The van der Waals surface area contributed by atoms with E-state index in [4.69, 9.17) is 4.74 Å². The Morgan fingerprint density at radius 2 is 1.76 bits per heavy atom. The number of halogens is 1. The highest BCUT2D eigenvalue weighted by molar-refractivity contribution is 9.10. The second-order valence-corrected chi connectivity index (χ2v) is 5.83. The topological polar surface area (TPSA) is 9.23 Å². The molecule has 0 aliphatic rings. The van der Waals surface area contributed by atoms with E-state index >= 15 is 0 Å². The van der Waals surface area contributed by atoms with Gasteiger partial charge in [-0.2, -0.15) is 0 Å². The van der Waals surface area contributed by atoms with Crippen molar-refractivity contribution < 1.29 is 4.74 Å². The molecule has 3 rings (SSSR count). The molecule has 0 atom stereocenters. The number of benzene rings is 2. The molecule has 3 aromatic rings. The summed E-state index contributed by atoms with van der Waals surface area (Å²) in [6, 6.07) is 12.7. The zero-order chi connectivity index (χ0) is 11.8. The number of hydrogen-bond acceptors (Lipinski definition) is 2. The van der Waals surface area contributed by atoms with Crippen LogP contribution in [0.15, 0.2) is 40.9 Å². The molecule has 0 spiro atoms. The van der Waals surface area contributed by atoms with Crippen molar-refractivity contribution in [3.05, 3.63) is 40.9 Å². The van der Waals surface area contributed by atoms with Crippen LogP contribution in [0.2, 0.25) is 0 Å². The van der Waals surface area contributed by atoms with Gasteiger partial charge in [0.25, 0.3) is 0 Å². The van der Waals surface area contributed by atoms with Crippen molar-refractivity contribution >= 4 is 47.4 Å². The van der Waals surface area contributed by atoms with E-state index < -0.39 is 0 Å². The van der Waals surface area contributed by atoms with Crippen LogP contribution >= 0.6 is 27.3 Å². The molecule has 0 aliphatic carbocycles. The zero-order valence-electron chi connectivity index (χ0n) is 9.37. The maximum Gasteiger partial charge on any atom is 0.119 e. The molecule has 0 amide bonds. The molecule has 0 aliphatic heterocycles. The van der Waals surface area contributed by atoms with Crippen LogP contribution in [-0.2, 0) is 0 Å². The van der Waals surface area contributed by atoms with Gasteiger partial charge in [-0.15, -0.1) is 11.3 Å². The molecule has 0 bridgehead atoms. The predicted molar refractivity (Wildman–Crippen MR) is 78.2 cm³/mol. The summed E-state index contributed by atoms with van der Waals surface area (Å²) >= 11 is 5.35. The Balaban J connectivity index is 2.31. The third-order valence-corrected chi connectivity index (χ3v) is 4.36. The highest BCUT2D eigenvalue weighted by atomic mass is 79.9. The molecule has 3 heteroatoms. The van der Waals surface area contributed by atoms with E-state index in [-0.39, 0.29) is 0 Å².